The van der Waals surface area contributed by atoms with E-state index in [1.54, 1.807) is 6.07 Å². The molecule has 0 saturated carbocycles. The molecule has 0 radical (unpaired) electrons. The lowest BCUT2D eigenvalue weighted by atomic mass is 10.1. The standard InChI is InChI=1S/C13H17FN2O/c1-10(9-15)16(2)7-6-11-4-5-13(17-3)12(14)8-11/h4-5,8,10H,6-7H2,1-3H3. The summed E-state index contributed by atoms with van der Waals surface area (Å²) < 4.78 is 18.3. The Morgan fingerprint density at radius 2 is 2.24 bits per heavy atom. The van der Waals surface area contributed by atoms with Crippen molar-refractivity contribution in [1.82, 2.24) is 4.90 Å². The van der Waals surface area contributed by atoms with Gasteiger partial charge in [0.2, 0.25) is 0 Å². The normalized spacial score (nSPS) is 12.2. The van der Waals surface area contributed by atoms with Gasteiger partial charge in [-0.3, -0.25) is 4.90 Å². The van der Waals surface area contributed by atoms with Gasteiger partial charge in [-0.15, -0.1) is 0 Å². The van der Waals surface area contributed by atoms with Crippen LogP contribution < -0.4 is 4.74 Å². The van der Waals surface area contributed by atoms with Crippen LogP contribution in [0.2, 0.25) is 0 Å². The zero-order valence-corrected chi connectivity index (χ0v) is 10.4. The maximum Gasteiger partial charge on any atom is 0.165 e. The first-order valence-electron chi connectivity index (χ1n) is 5.50. The number of methoxy groups -OCH3 is 1. The molecule has 1 aromatic carbocycles. The summed E-state index contributed by atoms with van der Waals surface area (Å²) in [4.78, 5) is 1.93. The van der Waals surface area contributed by atoms with E-state index in [2.05, 4.69) is 6.07 Å². The summed E-state index contributed by atoms with van der Waals surface area (Å²) in [5.74, 6) is -0.0894. The molecule has 0 spiro atoms. The highest BCUT2D eigenvalue weighted by Crippen LogP contribution is 2.18. The minimum Gasteiger partial charge on any atom is -0.494 e. The van der Waals surface area contributed by atoms with Gasteiger partial charge in [-0.1, -0.05) is 6.07 Å². The number of ether oxygens (including phenoxy) is 1. The lowest BCUT2D eigenvalue weighted by molar-refractivity contribution is 0.306. The average molecular weight is 236 g/mol. The van der Waals surface area contributed by atoms with Gasteiger partial charge in [0.25, 0.3) is 0 Å². The number of likely N-dealkylation sites (N-methyl/N-ethyl adjacent to an activating group) is 1. The molecule has 0 aliphatic heterocycles. The highest BCUT2D eigenvalue weighted by atomic mass is 19.1. The third-order valence-corrected chi connectivity index (χ3v) is 2.82. The average Bonchev–Trinajstić information content (AvgIpc) is 2.35. The fourth-order valence-corrected chi connectivity index (χ4v) is 1.46. The Bertz CT molecular complexity index is 414. The van der Waals surface area contributed by atoms with Crippen LogP contribution in [0, 0.1) is 17.1 Å². The van der Waals surface area contributed by atoms with Gasteiger partial charge in [0.1, 0.15) is 0 Å². The number of halogens is 1. The van der Waals surface area contributed by atoms with E-state index < -0.39 is 0 Å². The topological polar surface area (TPSA) is 36.3 Å². The molecule has 0 N–H and O–H groups in total. The molecule has 0 bridgehead atoms. The summed E-state index contributed by atoms with van der Waals surface area (Å²) in [6.45, 7) is 2.56. The second-order valence-corrected chi connectivity index (χ2v) is 4.00. The zero-order chi connectivity index (χ0) is 12.8. The van der Waals surface area contributed by atoms with Crippen LogP contribution in [0.25, 0.3) is 0 Å². The Labute approximate surface area is 101 Å². The Morgan fingerprint density at radius 3 is 2.76 bits per heavy atom. The van der Waals surface area contributed by atoms with Gasteiger partial charge in [0.15, 0.2) is 11.6 Å². The van der Waals surface area contributed by atoms with Crippen LogP contribution in [0.5, 0.6) is 5.75 Å². The number of hydrogen-bond donors (Lipinski definition) is 0. The monoisotopic (exact) mass is 236 g/mol. The molecule has 1 aromatic rings. The Hall–Kier alpha value is -1.60. The molecule has 1 unspecified atom stereocenters. The number of nitriles is 1. The summed E-state index contributed by atoms with van der Waals surface area (Å²) in [5.41, 5.74) is 0.903. The SMILES string of the molecule is COc1ccc(CCN(C)C(C)C#N)cc1F. The predicted octanol–water partition coefficient (Wildman–Crippen LogP) is 2.22. The molecule has 0 saturated heterocycles. The van der Waals surface area contributed by atoms with Crippen molar-refractivity contribution in [2.75, 3.05) is 20.7 Å². The van der Waals surface area contributed by atoms with Crippen LogP contribution in [0.3, 0.4) is 0 Å². The van der Waals surface area contributed by atoms with Crippen molar-refractivity contribution in [3.63, 3.8) is 0 Å². The number of nitrogens with zero attached hydrogens (tertiary/aromatic N) is 2. The number of hydrogen-bond acceptors (Lipinski definition) is 3. The smallest absolute Gasteiger partial charge is 0.165 e. The van der Waals surface area contributed by atoms with Crippen LogP contribution in [0.15, 0.2) is 18.2 Å². The zero-order valence-electron chi connectivity index (χ0n) is 10.4. The van der Waals surface area contributed by atoms with E-state index in [0.29, 0.717) is 6.42 Å². The van der Waals surface area contributed by atoms with E-state index in [1.165, 1.54) is 13.2 Å². The van der Waals surface area contributed by atoms with Gasteiger partial charge < -0.3 is 4.74 Å². The molecular formula is C13H17FN2O. The lowest BCUT2D eigenvalue weighted by Gasteiger charge is -2.18. The first-order chi connectivity index (χ1) is 8.08. The van der Waals surface area contributed by atoms with Crippen molar-refractivity contribution in [3.8, 4) is 11.8 Å². The van der Waals surface area contributed by atoms with Crippen molar-refractivity contribution in [2.45, 2.75) is 19.4 Å². The van der Waals surface area contributed by atoms with E-state index in [9.17, 15) is 4.39 Å². The van der Waals surface area contributed by atoms with Crippen molar-refractivity contribution in [1.29, 1.82) is 5.26 Å². The predicted molar refractivity (Wildman–Crippen MR) is 64.4 cm³/mol. The highest BCUT2D eigenvalue weighted by molar-refractivity contribution is 5.29. The van der Waals surface area contributed by atoms with Gasteiger partial charge in [-0.25, -0.2) is 4.39 Å². The second-order valence-electron chi connectivity index (χ2n) is 4.00. The number of rotatable bonds is 5. The van der Waals surface area contributed by atoms with Crippen molar-refractivity contribution in [2.24, 2.45) is 0 Å². The van der Waals surface area contributed by atoms with Gasteiger partial charge in [-0.05, 0) is 38.1 Å². The molecule has 0 heterocycles. The number of benzene rings is 1. The summed E-state index contributed by atoms with van der Waals surface area (Å²) in [6, 6.07) is 6.98. The fraction of sp³-hybridized carbons (Fsp3) is 0.462. The van der Waals surface area contributed by atoms with E-state index in [0.717, 1.165) is 12.1 Å². The molecule has 0 fully saturated rings. The molecule has 92 valence electrons. The molecular weight excluding hydrogens is 219 g/mol. The summed E-state index contributed by atoms with van der Waals surface area (Å²) in [5, 5.41) is 8.75. The summed E-state index contributed by atoms with van der Waals surface area (Å²) >= 11 is 0. The Balaban J connectivity index is 2.59. The summed E-state index contributed by atoms with van der Waals surface area (Å²) in [7, 11) is 3.33. The van der Waals surface area contributed by atoms with Crippen molar-refractivity contribution in [3.05, 3.63) is 29.6 Å². The molecule has 0 amide bonds. The van der Waals surface area contributed by atoms with Crippen molar-refractivity contribution >= 4 is 0 Å². The maximum absolute atomic E-state index is 13.4. The molecule has 0 aromatic heterocycles. The van der Waals surface area contributed by atoms with E-state index >= 15 is 0 Å². The van der Waals surface area contributed by atoms with E-state index in [1.807, 2.05) is 24.9 Å². The van der Waals surface area contributed by atoms with Crippen LogP contribution in [-0.2, 0) is 6.42 Å². The maximum atomic E-state index is 13.4. The molecule has 4 heteroatoms. The van der Waals surface area contributed by atoms with E-state index in [-0.39, 0.29) is 17.6 Å². The van der Waals surface area contributed by atoms with Gasteiger partial charge in [-0.2, -0.15) is 5.26 Å². The summed E-state index contributed by atoms with van der Waals surface area (Å²) in [6.07, 6.45) is 0.712. The molecule has 1 atom stereocenters. The lowest BCUT2D eigenvalue weighted by Crippen LogP contribution is -2.29. The van der Waals surface area contributed by atoms with E-state index in [4.69, 9.17) is 10.00 Å². The highest BCUT2D eigenvalue weighted by Gasteiger charge is 2.08. The fourth-order valence-electron chi connectivity index (χ4n) is 1.46. The minimum atomic E-state index is -0.346. The quantitative estimate of drug-likeness (QED) is 0.786. The molecule has 17 heavy (non-hydrogen) atoms. The second kappa shape index (κ2) is 6.21. The molecule has 0 aliphatic carbocycles. The molecule has 3 nitrogen and oxygen atoms in total. The minimum absolute atomic E-state index is 0.127. The van der Waals surface area contributed by atoms with Gasteiger partial charge in [0, 0.05) is 6.54 Å². The van der Waals surface area contributed by atoms with Crippen molar-refractivity contribution < 1.29 is 9.13 Å². The van der Waals surface area contributed by atoms with Crippen LogP contribution >= 0.6 is 0 Å². The molecule has 1 rings (SSSR count). The Kier molecular flexibility index (Phi) is 4.92. The molecule has 0 aliphatic rings. The Morgan fingerprint density at radius 1 is 1.53 bits per heavy atom. The largest absolute Gasteiger partial charge is 0.494 e. The van der Waals surface area contributed by atoms with Crippen LogP contribution in [0.4, 0.5) is 4.39 Å². The third-order valence-electron chi connectivity index (χ3n) is 2.82. The van der Waals surface area contributed by atoms with Gasteiger partial charge in [0.05, 0.1) is 19.2 Å². The van der Waals surface area contributed by atoms with Gasteiger partial charge >= 0.3 is 0 Å². The first kappa shape index (κ1) is 13.5. The first-order valence-corrected chi connectivity index (χ1v) is 5.50. The van der Waals surface area contributed by atoms with Crippen LogP contribution in [0.1, 0.15) is 12.5 Å². The third kappa shape index (κ3) is 3.72. The van der Waals surface area contributed by atoms with Crippen LogP contribution in [-0.4, -0.2) is 31.6 Å².